The highest BCUT2D eigenvalue weighted by Gasteiger charge is 2.42. The predicted molar refractivity (Wildman–Crippen MR) is 279 cm³/mol. The maximum absolute atomic E-state index is 14.4. The summed E-state index contributed by atoms with van der Waals surface area (Å²) < 4.78 is 0. The second kappa shape index (κ2) is 31.0. The highest BCUT2D eigenvalue weighted by molar-refractivity contribution is 6.00. The van der Waals surface area contributed by atoms with Gasteiger partial charge in [-0.15, -0.1) is 0 Å². The van der Waals surface area contributed by atoms with E-state index in [1.807, 2.05) is 41.5 Å². The van der Waals surface area contributed by atoms with E-state index < -0.39 is 144 Å². The number of imidazole rings is 1. The molecule has 0 radical (unpaired) electrons. The summed E-state index contributed by atoms with van der Waals surface area (Å²) in [6.45, 7) is 13.6. The van der Waals surface area contributed by atoms with Crippen LogP contribution in [0.1, 0.15) is 125 Å². The Morgan fingerprint density at radius 2 is 1.63 bits per heavy atom. The molecule has 1 aromatic rings. The number of likely N-dealkylation sites (tertiary alicyclic amines) is 1. The number of carbonyl (C=O) groups excluding carboxylic acids is 8. The lowest BCUT2D eigenvalue weighted by Crippen LogP contribution is -2.62. The summed E-state index contributed by atoms with van der Waals surface area (Å²) in [5.74, 6) is -8.67. The Bertz CT molecular complexity index is 2190. The van der Waals surface area contributed by atoms with Crippen molar-refractivity contribution in [3.8, 4) is 0 Å². The third-order valence-corrected chi connectivity index (χ3v) is 12.2. The molecule has 29 nitrogen and oxygen atoms in total. The minimum absolute atomic E-state index is 0.0324. The molecule has 0 spiro atoms. The van der Waals surface area contributed by atoms with Gasteiger partial charge >= 0.3 is 5.97 Å². The number of primary amides is 1. The number of aromatic nitrogens is 2. The fourth-order valence-corrected chi connectivity index (χ4v) is 8.61. The number of aromatic amines is 1. The van der Waals surface area contributed by atoms with E-state index in [4.69, 9.17) is 33.8 Å². The minimum atomic E-state index is -1.76. The van der Waals surface area contributed by atoms with Crippen molar-refractivity contribution in [3.05, 3.63) is 18.2 Å². The Morgan fingerprint density at radius 1 is 0.947 bits per heavy atom. The third-order valence-electron chi connectivity index (χ3n) is 12.2. The number of carboxylic acid groups (broad SMARTS) is 1. The van der Waals surface area contributed by atoms with Crippen LogP contribution in [0.5, 0.6) is 0 Å². The molecule has 0 bridgehead atoms. The van der Waals surface area contributed by atoms with Gasteiger partial charge in [0.1, 0.15) is 24.2 Å². The average Bonchev–Trinajstić information content (AvgIpc) is 4.02. The summed E-state index contributed by atoms with van der Waals surface area (Å²) in [6.07, 6.45) is 0.752. The molecule has 76 heavy (non-hydrogen) atoms. The van der Waals surface area contributed by atoms with Gasteiger partial charge in [0.25, 0.3) is 0 Å². The monoisotopic (exact) mass is 1080 g/mol. The predicted octanol–water partition coefficient (Wildman–Crippen LogP) is -4.59. The van der Waals surface area contributed by atoms with Crippen molar-refractivity contribution >= 4 is 65.1 Å². The first-order valence-corrected chi connectivity index (χ1v) is 25.4. The van der Waals surface area contributed by atoms with Crippen LogP contribution in [0, 0.1) is 0 Å². The second-order valence-electron chi connectivity index (χ2n) is 20.0. The number of hydrogen-bond acceptors (Lipinski definition) is 15. The summed E-state index contributed by atoms with van der Waals surface area (Å²) in [5, 5.41) is 49.1. The number of nitrogens with one attached hydrogen (secondary N) is 8. The molecular formula is C47H83N17O12. The van der Waals surface area contributed by atoms with Crippen LogP contribution < -0.4 is 65.9 Å². The van der Waals surface area contributed by atoms with Gasteiger partial charge in [0.05, 0.1) is 67.9 Å². The summed E-state index contributed by atoms with van der Waals surface area (Å²) in [7, 11) is 0. The lowest BCUT2D eigenvalue weighted by Gasteiger charge is -2.34. The number of rotatable bonds is 26. The van der Waals surface area contributed by atoms with E-state index in [1.165, 1.54) is 24.3 Å². The first-order chi connectivity index (χ1) is 35.6. The zero-order valence-electron chi connectivity index (χ0n) is 44.6. The topological polar surface area (TPSA) is 485 Å². The van der Waals surface area contributed by atoms with E-state index in [9.17, 15) is 53.4 Å². The maximum atomic E-state index is 14.4. The highest BCUT2D eigenvalue weighted by atomic mass is 16.4. The molecule has 2 saturated heterocycles. The number of aliphatic hydroxyl groups is 2. The fraction of sp³-hybridized carbons (Fsp3) is 0.702. The van der Waals surface area contributed by atoms with Crippen LogP contribution in [-0.4, -0.2) is 181 Å². The van der Waals surface area contributed by atoms with E-state index in [1.54, 1.807) is 0 Å². The van der Waals surface area contributed by atoms with E-state index in [-0.39, 0.29) is 50.7 Å². The summed E-state index contributed by atoms with van der Waals surface area (Å²) in [4.78, 5) is 135. The van der Waals surface area contributed by atoms with Crippen LogP contribution in [0.4, 0.5) is 0 Å². The van der Waals surface area contributed by atoms with Crippen LogP contribution in [-0.2, 0) is 49.6 Å². The zero-order valence-corrected chi connectivity index (χ0v) is 44.6. The van der Waals surface area contributed by atoms with Gasteiger partial charge in [-0.05, 0) is 79.6 Å². The molecule has 0 saturated carbocycles. The molecule has 0 aliphatic carbocycles. The fourth-order valence-electron chi connectivity index (χ4n) is 8.61. The summed E-state index contributed by atoms with van der Waals surface area (Å²) in [5.41, 5.74) is 27.5. The Morgan fingerprint density at radius 3 is 2.25 bits per heavy atom. The molecule has 29 heteroatoms. The van der Waals surface area contributed by atoms with Crippen LogP contribution in [0.3, 0.4) is 0 Å². The minimum Gasteiger partial charge on any atom is -0.481 e. The van der Waals surface area contributed by atoms with Gasteiger partial charge in [-0.3, -0.25) is 48.1 Å². The molecule has 3 heterocycles. The molecule has 2 fully saturated rings. The van der Waals surface area contributed by atoms with Crippen LogP contribution >= 0.6 is 0 Å². The molecule has 9 unspecified atom stereocenters. The molecule has 8 amide bonds. The second-order valence-corrected chi connectivity index (χ2v) is 20.0. The van der Waals surface area contributed by atoms with Crippen molar-refractivity contribution in [2.24, 2.45) is 38.7 Å². The number of carbonyl (C=O) groups is 9. The number of nitrogens with zero attached hydrogens (tertiary/aromatic N) is 4. The molecular weight excluding hydrogens is 995 g/mol. The van der Waals surface area contributed by atoms with Crippen LogP contribution in [0.25, 0.3) is 0 Å². The summed E-state index contributed by atoms with van der Waals surface area (Å²) >= 11 is 0. The van der Waals surface area contributed by atoms with Crippen molar-refractivity contribution < 1.29 is 58.5 Å². The molecule has 1 aromatic heterocycles. The first-order valence-electron chi connectivity index (χ1n) is 25.4. The molecule has 9 atom stereocenters. The Hall–Kier alpha value is -7.14. The van der Waals surface area contributed by atoms with Gasteiger partial charge in [-0.25, -0.2) is 9.98 Å². The van der Waals surface area contributed by atoms with E-state index in [0.29, 0.717) is 18.7 Å². The van der Waals surface area contributed by atoms with Gasteiger partial charge in [-0.2, -0.15) is 0 Å². The summed E-state index contributed by atoms with van der Waals surface area (Å²) in [6, 6.07) is -10.3. The quantitative estimate of drug-likeness (QED) is 0.0236. The molecule has 428 valence electrons. The van der Waals surface area contributed by atoms with Gasteiger partial charge in [0, 0.05) is 43.5 Å². The van der Waals surface area contributed by atoms with E-state index >= 15 is 0 Å². The SMILES string of the molecule is CC.CC1NC(=O)CC(NC(=O)C(Cc2cnc[nH]2)NC(=O)C(N)CC(=O)O)C(=O)NC(CC(N)=O)C(=O)NC1C(=O)N1CCCC1C(O)CC(=O)NCCC(O)CC(C)(C)NC(N)=NCCCCC(C)(C)N=C(N)N. The third kappa shape index (κ3) is 23.2. The number of nitrogens with two attached hydrogens (primary N) is 5. The zero-order chi connectivity index (χ0) is 57.5. The van der Waals surface area contributed by atoms with E-state index in [0.717, 1.165) is 19.3 Å². The molecule has 3 rings (SSSR count). The van der Waals surface area contributed by atoms with Gasteiger partial charge < -0.3 is 91.1 Å². The average molecular weight is 1080 g/mol. The standard InChI is InChI=1S/C45H77N17O12.C2H6/c1-23-36(41(74)62-14-8-9-30(62)31(64)19-33(66)52-13-10-25(63)20-45(4,5)61-43(50)53-12-7-6-11-44(2,3)60-42(48)49)59-40(73)28(17-32(47)65)57-39(72)29(18-34(67)55-23)58-38(71)27(15-24-21-51-22-54-24)56-37(70)26(46)16-35(68)69;1-2/h21-23,25-31,36,63-64H,6-20,46H2,1-5H3,(H2,47,65)(H,51,54)(H,52,66)(H,55,67)(H,56,70)(H,57,72)(H,58,71)(H,59,73)(H,68,69)(H4,48,49,60)(H3,50,53,61);1-2H3. The molecule has 2 aliphatic heterocycles. The van der Waals surface area contributed by atoms with Gasteiger partial charge in [0.15, 0.2) is 11.9 Å². The number of aliphatic carboxylic acids is 1. The highest BCUT2D eigenvalue weighted by Crippen LogP contribution is 2.24. The lowest BCUT2D eigenvalue weighted by molar-refractivity contribution is -0.141. The number of guanidine groups is 2. The lowest BCUT2D eigenvalue weighted by atomic mass is 9.95. The Kier molecular flexibility index (Phi) is 26.5. The van der Waals surface area contributed by atoms with Gasteiger partial charge in [-0.1, -0.05) is 13.8 Å². The molecule has 0 aromatic carbocycles. The Labute approximate surface area is 442 Å². The smallest absolute Gasteiger partial charge is 0.305 e. The maximum Gasteiger partial charge on any atom is 0.305 e. The van der Waals surface area contributed by atoms with Crippen LogP contribution in [0.15, 0.2) is 22.5 Å². The van der Waals surface area contributed by atoms with E-state index in [2.05, 4.69) is 57.2 Å². The van der Waals surface area contributed by atoms with Crippen molar-refractivity contribution in [2.75, 3.05) is 19.6 Å². The van der Waals surface area contributed by atoms with Crippen molar-refractivity contribution in [1.29, 1.82) is 0 Å². The van der Waals surface area contributed by atoms with Crippen molar-refractivity contribution in [3.63, 3.8) is 0 Å². The molecule has 2 aliphatic rings. The molecule has 21 N–H and O–H groups in total. The van der Waals surface area contributed by atoms with Crippen molar-refractivity contribution in [2.45, 2.75) is 191 Å². The number of aliphatic imine (C=N–C) groups is 2. The van der Waals surface area contributed by atoms with Crippen molar-refractivity contribution in [1.82, 2.24) is 52.1 Å². The number of carboxylic acids is 1. The van der Waals surface area contributed by atoms with Crippen LogP contribution in [0.2, 0.25) is 0 Å². The number of unbranched alkanes of at least 4 members (excludes halogenated alkanes) is 1. The number of hydrogen-bond donors (Lipinski definition) is 16. The largest absolute Gasteiger partial charge is 0.481 e. The Balaban J connectivity index is 0.00000976. The van der Waals surface area contributed by atoms with Gasteiger partial charge in [0.2, 0.25) is 47.3 Å². The number of H-pyrrole nitrogens is 1. The first kappa shape index (κ1) is 65.0. The number of amides is 8. The number of aliphatic hydroxyl groups excluding tert-OH is 2. The normalized spacial score (nSPS) is 21.0.